The molecule has 0 spiro atoms. The number of fused-ring (bicyclic) bond motifs is 2. The van der Waals surface area contributed by atoms with Gasteiger partial charge in [-0.3, -0.25) is 14.4 Å². The lowest BCUT2D eigenvalue weighted by molar-refractivity contribution is 0.652. The van der Waals surface area contributed by atoms with Crippen LogP contribution in [0.15, 0.2) is 38.9 Å². The third-order valence-corrected chi connectivity index (χ3v) is 4.45. The van der Waals surface area contributed by atoms with Gasteiger partial charge in [0.2, 0.25) is 5.95 Å². The number of anilines is 1. The number of likely N-dealkylation sites (N-methyl/N-ethyl adjacent to an activating group) is 1. The molecule has 1 unspecified atom stereocenters. The maximum absolute atomic E-state index is 12.9. The van der Waals surface area contributed by atoms with Crippen LogP contribution in [0.4, 0.5) is 5.95 Å². The number of nitrogens with zero attached hydrogens (tertiary/aromatic N) is 6. The number of allylic oxidation sites excluding steroid dienone is 3. The highest BCUT2D eigenvalue weighted by molar-refractivity contribution is 6.29. The van der Waals surface area contributed by atoms with Gasteiger partial charge in [-0.05, 0) is 25.8 Å². The smallest absolute Gasteiger partial charge is 0.281 e. The number of hydrogen-bond donors (Lipinski definition) is 0. The molecule has 7 nitrogen and oxygen atoms in total. The molecule has 0 aromatic carbocycles. The quantitative estimate of drug-likeness (QED) is 0.620. The molecule has 0 amide bonds. The Bertz CT molecular complexity index is 948. The lowest BCUT2D eigenvalue weighted by Gasteiger charge is -2.20. The van der Waals surface area contributed by atoms with E-state index in [2.05, 4.69) is 21.8 Å². The van der Waals surface area contributed by atoms with Crippen molar-refractivity contribution in [2.24, 2.45) is 4.99 Å². The van der Waals surface area contributed by atoms with Crippen LogP contribution in [0.3, 0.4) is 0 Å². The van der Waals surface area contributed by atoms with E-state index in [0.717, 1.165) is 11.5 Å². The molecule has 1 aliphatic rings. The molecule has 2 aromatic rings. The van der Waals surface area contributed by atoms with Crippen LogP contribution in [-0.4, -0.2) is 39.0 Å². The molecule has 25 heavy (non-hydrogen) atoms. The zero-order valence-electron chi connectivity index (χ0n) is 14.8. The second kappa shape index (κ2) is 6.48. The van der Waals surface area contributed by atoms with Crippen molar-refractivity contribution in [2.45, 2.75) is 39.3 Å². The minimum atomic E-state index is -0.132. The lowest BCUT2D eigenvalue weighted by Crippen LogP contribution is -2.29. The number of rotatable bonds is 4. The Morgan fingerprint density at radius 1 is 1.48 bits per heavy atom. The van der Waals surface area contributed by atoms with Crippen molar-refractivity contribution >= 4 is 29.8 Å². The molecule has 0 aliphatic carbocycles. The summed E-state index contributed by atoms with van der Waals surface area (Å²) in [4.78, 5) is 23.3. The van der Waals surface area contributed by atoms with Gasteiger partial charge in [-0.1, -0.05) is 25.4 Å². The van der Waals surface area contributed by atoms with Gasteiger partial charge in [-0.2, -0.15) is 0 Å². The third kappa shape index (κ3) is 2.89. The lowest BCUT2D eigenvalue weighted by atomic mass is 10.2. The molecule has 2 aromatic heterocycles. The minimum absolute atomic E-state index is 0.105. The Labute approximate surface area is 151 Å². The summed E-state index contributed by atoms with van der Waals surface area (Å²) in [6, 6.07) is -0.132. The summed E-state index contributed by atoms with van der Waals surface area (Å²) in [5.74, 6) is 1.52. The average molecular weight is 361 g/mol. The zero-order valence-corrected chi connectivity index (χ0v) is 15.5. The van der Waals surface area contributed by atoms with E-state index in [1.54, 1.807) is 28.3 Å². The van der Waals surface area contributed by atoms with Gasteiger partial charge in [-0.15, -0.1) is 5.10 Å². The summed E-state index contributed by atoms with van der Waals surface area (Å²) in [6.45, 7) is 9.94. The predicted molar refractivity (Wildman–Crippen MR) is 101 cm³/mol. The molecule has 8 heteroatoms. The largest absolute Gasteiger partial charge is 0.334 e. The maximum Gasteiger partial charge on any atom is 0.281 e. The van der Waals surface area contributed by atoms with Gasteiger partial charge in [0.05, 0.1) is 24.5 Å². The van der Waals surface area contributed by atoms with Gasteiger partial charge in [0.25, 0.3) is 5.56 Å². The summed E-state index contributed by atoms with van der Waals surface area (Å²) < 4.78 is 3.30. The van der Waals surface area contributed by atoms with Crippen LogP contribution in [0.5, 0.6) is 0 Å². The molecule has 132 valence electrons. The topological polar surface area (TPSA) is 67.8 Å². The first-order valence-electron chi connectivity index (χ1n) is 8.07. The van der Waals surface area contributed by atoms with Crippen molar-refractivity contribution in [2.75, 3.05) is 11.9 Å². The van der Waals surface area contributed by atoms with Crippen LogP contribution in [0.1, 0.15) is 32.5 Å². The molecule has 0 saturated heterocycles. The highest BCUT2D eigenvalue weighted by atomic mass is 35.5. The van der Waals surface area contributed by atoms with Crippen LogP contribution >= 0.6 is 11.6 Å². The number of imidazole rings is 1. The fourth-order valence-electron chi connectivity index (χ4n) is 3.00. The van der Waals surface area contributed by atoms with E-state index in [1.165, 1.54) is 0 Å². The predicted octanol–water partition coefficient (Wildman–Crippen LogP) is 2.56. The normalized spacial score (nSPS) is 18.3. The van der Waals surface area contributed by atoms with Gasteiger partial charge >= 0.3 is 0 Å². The summed E-state index contributed by atoms with van der Waals surface area (Å²) >= 11 is 5.90. The number of aromatic nitrogens is 4. The molecule has 1 atom stereocenters. The van der Waals surface area contributed by atoms with Crippen molar-refractivity contribution in [1.82, 2.24) is 19.2 Å². The van der Waals surface area contributed by atoms with Crippen molar-refractivity contribution in [3.05, 3.63) is 45.3 Å². The number of halogens is 1. The van der Waals surface area contributed by atoms with Crippen LogP contribution in [0.25, 0.3) is 5.52 Å². The van der Waals surface area contributed by atoms with E-state index >= 15 is 0 Å². The van der Waals surface area contributed by atoms with Crippen LogP contribution in [0.2, 0.25) is 0 Å². The molecule has 0 saturated carbocycles. The zero-order chi connectivity index (χ0) is 18.3. The molecule has 0 fully saturated rings. The third-order valence-electron chi connectivity index (χ3n) is 4.32. The molecular weight excluding hydrogens is 340 g/mol. The minimum Gasteiger partial charge on any atom is -0.334 e. The van der Waals surface area contributed by atoms with E-state index in [0.29, 0.717) is 23.0 Å². The standard InChI is InChI=1S/C17H21ClN6O/c1-10(2)15-20-8-13-16(25)23-9-14(12(19-4)7-6-11(3)18)22(5)17(23)21-24(13)15/h6-8,10,14H,4,9H2,1-3,5H3/b11-6+,12-7-. The van der Waals surface area contributed by atoms with Crippen molar-refractivity contribution in [3.8, 4) is 0 Å². The van der Waals surface area contributed by atoms with Crippen LogP contribution in [-0.2, 0) is 6.54 Å². The van der Waals surface area contributed by atoms with Crippen LogP contribution in [0, 0.1) is 0 Å². The molecule has 3 rings (SSSR count). The monoisotopic (exact) mass is 360 g/mol. The second-order valence-electron chi connectivity index (χ2n) is 6.41. The molecule has 1 aliphatic heterocycles. The van der Waals surface area contributed by atoms with Crippen molar-refractivity contribution < 1.29 is 0 Å². The number of hydrogen-bond acceptors (Lipinski definition) is 5. The van der Waals surface area contributed by atoms with Gasteiger partial charge in [0.1, 0.15) is 5.82 Å². The Balaban J connectivity index is 2.11. The first kappa shape index (κ1) is 17.4. The highest BCUT2D eigenvalue weighted by Crippen LogP contribution is 2.26. The van der Waals surface area contributed by atoms with Crippen molar-refractivity contribution in [1.29, 1.82) is 0 Å². The molecule has 3 heterocycles. The Hall–Kier alpha value is -2.41. The van der Waals surface area contributed by atoms with Gasteiger partial charge in [0.15, 0.2) is 5.52 Å². The summed E-state index contributed by atoms with van der Waals surface area (Å²) in [5.41, 5.74) is 1.11. The highest BCUT2D eigenvalue weighted by Gasteiger charge is 2.32. The summed E-state index contributed by atoms with van der Waals surface area (Å²) in [6.07, 6.45) is 5.18. The van der Waals surface area contributed by atoms with Gasteiger partial charge in [-0.25, -0.2) is 9.50 Å². The van der Waals surface area contributed by atoms with E-state index in [4.69, 9.17) is 11.6 Å². The first-order valence-corrected chi connectivity index (χ1v) is 8.45. The summed E-state index contributed by atoms with van der Waals surface area (Å²) in [5, 5.41) is 5.30. The van der Waals surface area contributed by atoms with Gasteiger partial charge in [0, 0.05) is 18.0 Å². The molecular formula is C17H21ClN6O. The average Bonchev–Trinajstić information content (AvgIpc) is 3.12. The molecule has 0 radical (unpaired) electrons. The Morgan fingerprint density at radius 3 is 2.80 bits per heavy atom. The van der Waals surface area contributed by atoms with E-state index in [9.17, 15) is 4.79 Å². The fraction of sp³-hybridized carbons (Fsp3) is 0.412. The Kier molecular flexibility index (Phi) is 4.51. The van der Waals surface area contributed by atoms with E-state index < -0.39 is 0 Å². The van der Waals surface area contributed by atoms with Crippen LogP contribution < -0.4 is 10.5 Å². The van der Waals surface area contributed by atoms with Gasteiger partial charge < -0.3 is 4.90 Å². The first-order chi connectivity index (χ1) is 11.8. The molecule has 0 N–H and O–H groups in total. The SMILES string of the molecule is C=N/C(=C\C=C(/C)Cl)C1Cn2c(nn3c(C(C)C)ncc3c2=O)N1C. The van der Waals surface area contributed by atoms with Crippen molar-refractivity contribution in [3.63, 3.8) is 0 Å². The van der Waals surface area contributed by atoms with E-state index in [-0.39, 0.29) is 17.5 Å². The molecule has 0 bridgehead atoms. The summed E-state index contributed by atoms with van der Waals surface area (Å²) in [7, 11) is 1.89. The number of aliphatic imine (C=N–C) groups is 1. The maximum atomic E-state index is 12.9. The fourth-order valence-corrected chi connectivity index (χ4v) is 3.06. The Morgan fingerprint density at radius 2 is 2.20 bits per heavy atom. The second-order valence-corrected chi connectivity index (χ2v) is 7.01. The van der Waals surface area contributed by atoms with E-state index in [1.807, 2.05) is 31.9 Å².